The van der Waals surface area contributed by atoms with Crippen LogP contribution in [0.15, 0.2) is 35.3 Å². The smallest absolute Gasteiger partial charge is 0.211 e. The van der Waals surface area contributed by atoms with Crippen molar-refractivity contribution in [3.63, 3.8) is 0 Å². The Morgan fingerprint density at radius 2 is 1.94 bits per heavy atom. The van der Waals surface area contributed by atoms with Crippen LogP contribution in [0.1, 0.15) is 33.9 Å². The molecule has 2 aromatic heterocycles. The number of nitrogens with two attached hydrogens (primary N) is 2. The molecule has 9 heteroatoms. The van der Waals surface area contributed by atoms with Gasteiger partial charge >= 0.3 is 0 Å². The largest absolute Gasteiger partial charge is 0.397 e. The van der Waals surface area contributed by atoms with Gasteiger partial charge in [0.1, 0.15) is 29.3 Å². The van der Waals surface area contributed by atoms with E-state index >= 15 is 0 Å². The molecular weight excluding hydrogens is 402 g/mol. The van der Waals surface area contributed by atoms with E-state index in [4.69, 9.17) is 21.7 Å². The first-order chi connectivity index (χ1) is 15.4. The summed E-state index contributed by atoms with van der Waals surface area (Å²) in [6.45, 7) is 4.07. The first kappa shape index (κ1) is 19.2. The summed E-state index contributed by atoms with van der Waals surface area (Å²) < 4.78 is 0. The number of aromatic nitrogens is 2. The number of H-pyrrole nitrogens is 1. The van der Waals surface area contributed by atoms with Crippen LogP contribution in [-0.2, 0) is 0 Å². The summed E-state index contributed by atoms with van der Waals surface area (Å²) in [5, 5.41) is 26.4. The lowest BCUT2D eigenvalue weighted by Crippen LogP contribution is -2.33. The number of aryl methyl sites for hydroxylation is 2. The molecule has 3 heterocycles. The molecule has 5 rings (SSSR count). The van der Waals surface area contributed by atoms with Gasteiger partial charge in [-0.25, -0.2) is 9.98 Å². The fourth-order valence-corrected chi connectivity index (χ4v) is 4.48. The van der Waals surface area contributed by atoms with Crippen LogP contribution < -0.4 is 22.1 Å². The van der Waals surface area contributed by atoms with Crippen molar-refractivity contribution < 1.29 is 0 Å². The SMILES string of the molecule is Cc1cc(C2N=C(NC#N)Nc3nc(N)c(C#N)c(N)c32)c(C)c2c1[nH]c1ccccc12. The van der Waals surface area contributed by atoms with Gasteiger partial charge in [0.2, 0.25) is 5.96 Å². The van der Waals surface area contributed by atoms with Gasteiger partial charge in [-0.2, -0.15) is 10.5 Å². The average Bonchev–Trinajstić information content (AvgIpc) is 3.17. The molecule has 4 aromatic rings. The number of nitrogens with one attached hydrogen (secondary N) is 3. The van der Waals surface area contributed by atoms with Gasteiger partial charge in [-0.15, -0.1) is 0 Å². The lowest BCUT2D eigenvalue weighted by atomic mass is 9.89. The van der Waals surface area contributed by atoms with Gasteiger partial charge in [0.15, 0.2) is 6.19 Å². The number of rotatable bonds is 1. The minimum atomic E-state index is -0.584. The predicted octanol–water partition coefficient (Wildman–Crippen LogP) is 3.31. The molecular formula is C23H19N9. The molecule has 0 radical (unpaired) electrons. The van der Waals surface area contributed by atoms with Crippen molar-refractivity contribution in [1.29, 1.82) is 10.5 Å². The van der Waals surface area contributed by atoms with Crippen LogP contribution >= 0.6 is 0 Å². The molecule has 1 unspecified atom stereocenters. The topological polar surface area (TPSA) is 165 Å². The zero-order chi connectivity index (χ0) is 22.6. The second-order valence-electron chi connectivity index (χ2n) is 7.73. The Kier molecular flexibility index (Phi) is 4.14. The fourth-order valence-electron chi connectivity index (χ4n) is 4.48. The third kappa shape index (κ3) is 2.62. The quantitative estimate of drug-likeness (QED) is 0.232. The van der Waals surface area contributed by atoms with Crippen molar-refractivity contribution in [3.8, 4) is 12.3 Å². The Bertz CT molecular complexity index is 1550. The average molecular weight is 421 g/mol. The Morgan fingerprint density at radius 1 is 1.16 bits per heavy atom. The lowest BCUT2D eigenvalue weighted by Gasteiger charge is -2.27. The molecule has 0 bridgehead atoms. The monoisotopic (exact) mass is 421 g/mol. The maximum absolute atomic E-state index is 9.56. The first-order valence-electron chi connectivity index (χ1n) is 9.94. The molecule has 32 heavy (non-hydrogen) atoms. The highest BCUT2D eigenvalue weighted by atomic mass is 15.2. The number of aliphatic imine (C=N–C) groups is 1. The molecule has 1 atom stereocenters. The molecule has 0 saturated heterocycles. The van der Waals surface area contributed by atoms with E-state index in [0.717, 1.165) is 38.5 Å². The van der Waals surface area contributed by atoms with Crippen LogP contribution in [0, 0.1) is 36.6 Å². The van der Waals surface area contributed by atoms with E-state index in [1.54, 1.807) is 0 Å². The highest BCUT2D eigenvalue weighted by Crippen LogP contribution is 2.44. The summed E-state index contributed by atoms with van der Waals surface area (Å²) in [4.78, 5) is 12.6. The molecule has 0 saturated carbocycles. The van der Waals surface area contributed by atoms with Crippen LogP contribution in [0.3, 0.4) is 0 Å². The minimum absolute atomic E-state index is 0.0215. The summed E-state index contributed by atoms with van der Waals surface area (Å²) in [6, 6.07) is 11.6. The van der Waals surface area contributed by atoms with Gasteiger partial charge in [0.05, 0.1) is 5.69 Å². The first-order valence-corrected chi connectivity index (χ1v) is 9.94. The number of fused-ring (bicyclic) bond motifs is 4. The number of hydrogen-bond acceptors (Lipinski definition) is 8. The Morgan fingerprint density at radius 3 is 2.69 bits per heavy atom. The summed E-state index contributed by atoms with van der Waals surface area (Å²) in [5.41, 5.74) is 18.3. The van der Waals surface area contributed by atoms with Crippen molar-refractivity contribution in [2.75, 3.05) is 16.8 Å². The van der Waals surface area contributed by atoms with Crippen molar-refractivity contribution in [3.05, 3.63) is 58.1 Å². The van der Waals surface area contributed by atoms with Crippen LogP contribution in [0.5, 0.6) is 0 Å². The Balaban J connectivity index is 1.85. The van der Waals surface area contributed by atoms with Crippen molar-refractivity contribution in [2.45, 2.75) is 19.9 Å². The standard InChI is InChI=1S/C23H19N9/c1-10-7-13(11(2)16-12-5-3-4-6-15(12)29-19(10)16)20-17-18(26)14(8-24)21(27)31-22(17)32-23(30-20)28-9-25/h3-7,20,29H,1-2H3,(H6,26,27,28,30,31,32). The van der Waals surface area contributed by atoms with E-state index in [0.29, 0.717) is 11.4 Å². The number of nitrogens with zero attached hydrogens (tertiary/aromatic N) is 4. The number of para-hydroxylation sites is 1. The highest BCUT2D eigenvalue weighted by molar-refractivity contribution is 6.10. The fraction of sp³-hybridized carbons (Fsp3) is 0.130. The van der Waals surface area contributed by atoms with Crippen LogP contribution in [0.2, 0.25) is 0 Å². The van der Waals surface area contributed by atoms with E-state index in [-0.39, 0.29) is 23.0 Å². The Hall–Kier alpha value is -4.76. The number of anilines is 3. The summed E-state index contributed by atoms with van der Waals surface area (Å²) in [6.07, 6.45) is 1.88. The number of pyridine rings is 1. The Labute approximate surface area is 183 Å². The zero-order valence-electron chi connectivity index (χ0n) is 17.4. The second kappa shape index (κ2) is 6.89. The van der Waals surface area contributed by atoms with E-state index in [1.165, 1.54) is 0 Å². The van der Waals surface area contributed by atoms with Gasteiger partial charge < -0.3 is 21.8 Å². The van der Waals surface area contributed by atoms with E-state index in [2.05, 4.69) is 32.7 Å². The lowest BCUT2D eigenvalue weighted by molar-refractivity contribution is 0.840. The molecule has 156 valence electrons. The van der Waals surface area contributed by atoms with Crippen LogP contribution in [0.4, 0.5) is 17.3 Å². The van der Waals surface area contributed by atoms with Gasteiger partial charge in [-0.1, -0.05) is 24.3 Å². The van der Waals surface area contributed by atoms with Crippen molar-refractivity contribution in [1.82, 2.24) is 15.3 Å². The van der Waals surface area contributed by atoms with Crippen molar-refractivity contribution in [2.24, 2.45) is 4.99 Å². The maximum atomic E-state index is 9.56. The van der Waals surface area contributed by atoms with Gasteiger partial charge in [-0.3, -0.25) is 5.32 Å². The third-order valence-corrected chi connectivity index (χ3v) is 5.93. The highest BCUT2D eigenvalue weighted by Gasteiger charge is 2.31. The molecule has 0 spiro atoms. The molecule has 0 amide bonds. The summed E-state index contributed by atoms with van der Waals surface area (Å²) in [7, 11) is 0. The van der Waals surface area contributed by atoms with E-state index in [9.17, 15) is 5.26 Å². The minimum Gasteiger partial charge on any atom is -0.397 e. The number of guanidine groups is 1. The van der Waals surface area contributed by atoms with E-state index < -0.39 is 6.04 Å². The number of benzene rings is 2. The van der Waals surface area contributed by atoms with Gasteiger partial charge in [0.25, 0.3) is 0 Å². The van der Waals surface area contributed by atoms with Crippen LogP contribution in [0.25, 0.3) is 21.8 Å². The number of hydrogen-bond donors (Lipinski definition) is 5. The molecule has 0 aliphatic carbocycles. The third-order valence-electron chi connectivity index (χ3n) is 5.93. The molecule has 2 aromatic carbocycles. The normalized spacial score (nSPS) is 14.9. The van der Waals surface area contributed by atoms with Gasteiger partial charge in [-0.05, 0) is 36.6 Å². The summed E-state index contributed by atoms with van der Waals surface area (Å²) in [5.74, 6) is 0.623. The second-order valence-corrected chi connectivity index (χ2v) is 7.73. The number of aromatic amines is 1. The summed E-state index contributed by atoms with van der Waals surface area (Å²) >= 11 is 0. The zero-order valence-corrected chi connectivity index (χ0v) is 17.4. The molecule has 0 fully saturated rings. The number of nitrogen functional groups attached to an aromatic ring is 2. The van der Waals surface area contributed by atoms with Crippen molar-refractivity contribution >= 4 is 45.1 Å². The molecule has 1 aliphatic rings. The maximum Gasteiger partial charge on any atom is 0.211 e. The van der Waals surface area contributed by atoms with Crippen LogP contribution in [-0.4, -0.2) is 15.9 Å². The predicted molar refractivity (Wildman–Crippen MR) is 125 cm³/mol. The van der Waals surface area contributed by atoms with Gasteiger partial charge in [0, 0.05) is 27.4 Å². The molecule has 7 N–H and O–H groups in total. The van der Waals surface area contributed by atoms with E-state index in [1.807, 2.05) is 44.3 Å². The molecule has 1 aliphatic heterocycles. The molecule has 9 nitrogen and oxygen atoms in total. The number of nitriles is 2.